The molecule has 0 saturated heterocycles. The smallest absolute Gasteiger partial charge is 0.261 e. The predicted octanol–water partition coefficient (Wildman–Crippen LogP) is 1.59. The van der Waals surface area contributed by atoms with Gasteiger partial charge in [0.2, 0.25) is 0 Å². The SMILES string of the molecule is CC1CCc2sc(C(=O)NCCO)cc2C1. The zero-order valence-corrected chi connectivity index (χ0v) is 10.3. The van der Waals surface area contributed by atoms with Crippen LogP contribution in [0.25, 0.3) is 0 Å². The zero-order valence-electron chi connectivity index (χ0n) is 9.45. The fourth-order valence-electron chi connectivity index (χ4n) is 2.07. The minimum absolute atomic E-state index is 0.00609. The number of aryl methyl sites for hydroxylation is 1. The summed E-state index contributed by atoms with van der Waals surface area (Å²) in [5.74, 6) is 0.677. The van der Waals surface area contributed by atoms with Gasteiger partial charge in [0.25, 0.3) is 5.91 Å². The molecule has 3 nitrogen and oxygen atoms in total. The lowest BCUT2D eigenvalue weighted by Gasteiger charge is -2.16. The number of carbonyl (C=O) groups excluding carboxylic acids is 1. The van der Waals surface area contributed by atoms with Gasteiger partial charge < -0.3 is 10.4 Å². The number of thiophene rings is 1. The number of fused-ring (bicyclic) bond motifs is 1. The van der Waals surface area contributed by atoms with Gasteiger partial charge in [0.1, 0.15) is 0 Å². The number of nitrogens with one attached hydrogen (secondary N) is 1. The van der Waals surface area contributed by atoms with E-state index in [1.165, 1.54) is 16.9 Å². The first-order valence-corrected chi connectivity index (χ1v) is 6.53. The van der Waals surface area contributed by atoms with Crippen molar-refractivity contribution in [3.05, 3.63) is 21.4 Å². The first-order valence-electron chi connectivity index (χ1n) is 5.71. The van der Waals surface area contributed by atoms with Gasteiger partial charge in [-0.2, -0.15) is 0 Å². The fourth-order valence-corrected chi connectivity index (χ4v) is 3.20. The van der Waals surface area contributed by atoms with E-state index in [0.717, 1.165) is 23.6 Å². The molecule has 2 rings (SSSR count). The molecule has 1 aromatic heterocycles. The summed E-state index contributed by atoms with van der Waals surface area (Å²) in [5, 5.41) is 11.3. The first kappa shape index (κ1) is 11.6. The van der Waals surface area contributed by atoms with Gasteiger partial charge in [0.05, 0.1) is 11.5 Å². The summed E-state index contributed by atoms with van der Waals surface area (Å²) >= 11 is 1.60. The summed E-state index contributed by atoms with van der Waals surface area (Å²) in [4.78, 5) is 13.8. The van der Waals surface area contributed by atoms with Crippen molar-refractivity contribution in [2.24, 2.45) is 5.92 Å². The Hall–Kier alpha value is -0.870. The Bertz CT molecular complexity index is 386. The quantitative estimate of drug-likeness (QED) is 0.841. The van der Waals surface area contributed by atoms with Gasteiger partial charge >= 0.3 is 0 Å². The van der Waals surface area contributed by atoms with Crippen molar-refractivity contribution in [1.29, 1.82) is 0 Å². The third kappa shape index (κ3) is 2.44. The summed E-state index contributed by atoms with van der Waals surface area (Å²) in [6.07, 6.45) is 3.43. The van der Waals surface area contributed by atoms with E-state index in [9.17, 15) is 4.79 Å². The van der Waals surface area contributed by atoms with Crippen molar-refractivity contribution in [2.75, 3.05) is 13.2 Å². The number of carbonyl (C=O) groups is 1. The van der Waals surface area contributed by atoms with Crippen molar-refractivity contribution in [3.8, 4) is 0 Å². The summed E-state index contributed by atoms with van der Waals surface area (Å²) in [7, 11) is 0. The number of hydrogen-bond donors (Lipinski definition) is 2. The maximum absolute atomic E-state index is 11.7. The van der Waals surface area contributed by atoms with Crippen LogP contribution in [0.15, 0.2) is 6.07 Å². The standard InChI is InChI=1S/C12H17NO2S/c1-8-2-3-10-9(6-8)7-11(16-10)12(15)13-4-5-14/h7-8,14H,2-6H2,1H3,(H,13,15). The maximum atomic E-state index is 11.7. The molecule has 0 fully saturated rings. The lowest BCUT2D eigenvalue weighted by molar-refractivity contribution is 0.0949. The maximum Gasteiger partial charge on any atom is 0.261 e. The molecular weight excluding hydrogens is 222 g/mol. The Morgan fingerprint density at radius 2 is 2.50 bits per heavy atom. The molecule has 0 saturated carbocycles. The van der Waals surface area contributed by atoms with Crippen molar-refractivity contribution >= 4 is 17.2 Å². The van der Waals surface area contributed by atoms with Crippen molar-refractivity contribution in [3.63, 3.8) is 0 Å². The van der Waals surface area contributed by atoms with Crippen LogP contribution in [-0.2, 0) is 12.8 Å². The van der Waals surface area contributed by atoms with E-state index in [4.69, 9.17) is 5.11 Å². The molecule has 0 aromatic carbocycles. The van der Waals surface area contributed by atoms with E-state index in [-0.39, 0.29) is 12.5 Å². The number of hydrogen-bond acceptors (Lipinski definition) is 3. The van der Waals surface area contributed by atoms with Gasteiger partial charge in [0.15, 0.2) is 0 Å². The Morgan fingerprint density at radius 3 is 3.25 bits per heavy atom. The molecule has 0 spiro atoms. The molecule has 88 valence electrons. The molecular formula is C12H17NO2S. The Morgan fingerprint density at radius 1 is 1.69 bits per heavy atom. The number of aliphatic hydroxyl groups is 1. The minimum Gasteiger partial charge on any atom is -0.395 e. The average molecular weight is 239 g/mol. The fraction of sp³-hybridized carbons (Fsp3) is 0.583. The lowest BCUT2D eigenvalue weighted by Crippen LogP contribution is -2.25. The third-order valence-corrected chi connectivity index (χ3v) is 4.19. The molecule has 1 heterocycles. The highest BCUT2D eigenvalue weighted by Crippen LogP contribution is 2.32. The third-order valence-electron chi connectivity index (χ3n) is 2.95. The number of amides is 1. The summed E-state index contributed by atoms with van der Waals surface area (Å²) in [5.41, 5.74) is 1.35. The van der Waals surface area contributed by atoms with Gasteiger partial charge in [-0.25, -0.2) is 0 Å². The highest BCUT2D eigenvalue weighted by molar-refractivity contribution is 7.14. The van der Waals surface area contributed by atoms with E-state index in [0.29, 0.717) is 6.54 Å². The van der Waals surface area contributed by atoms with Crippen LogP contribution >= 0.6 is 11.3 Å². The molecule has 1 aliphatic rings. The van der Waals surface area contributed by atoms with Crippen LogP contribution in [0.5, 0.6) is 0 Å². The summed E-state index contributed by atoms with van der Waals surface area (Å²) < 4.78 is 0. The van der Waals surface area contributed by atoms with Crippen molar-refractivity contribution < 1.29 is 9.90 Å². The van der Waals surface area contributed by atoms with Crippen LogP contribution in [0.3, 0.4) is 0 Å². The summed E-state index contributed by atoms with van der Waals surface area (Å²) in [6, 6.07) is 2.02. The largest absolute Gasteiger partial charge is 0.395 e. The molecule has 1 aliphatic carbocycles. The molecule has 4 heteroatoms. The summed E-state index contributed by atoms with van der Waals surface area (Å²) in [6.45, 7) is 2.58. The van der Waals surface area contributed by atoms with E-state index in [1.807, 2.05) is 6.07 Å². The first-order chi connectivity index (χ1) is 7.70. The Kier molecular flexibility index (Phi) is 3.61. The van der Waals surface area contributed by atoms with Crippen LogP contribution in [0.4, 0.5) is 0 Å². The zero-order chi connectivity index (χ0) is 11.5. The van der Waals surface area contributed by atoms with E-state index >= 15 is 0 Å². The van der Waals surface area contributed by atoms with Crippen molar-refractivity contribution in [1.82, 2.24) is 5.32 Å². The van der Waals surface area contributed by atoms with Gasteiger partial charge in [0, 0.05) is 11.4 Å². The van der Waals surface area contributed by atoms with Gasteiger partial charge in [-0.15, -0.1) is 11.3 Å². The second-order valence-corrected chi connectivity index (χ2v) is 5.52. The molecule has 1 amide bonds. The van der Waals surface area contributed by atoms with Crippen LogP contribution in [0, 0.1) is 5.92 Å². The molecule has 1 unspecified atom stereocenters. The van der Waals surface area contributed by atoms with Crippen LogP contribution in [0.1, 0.15) is 33.5 Å². The van der Waals surface area contributed by atoms with E-state index in [1.54, 1.807) is 11.3 Å². The van der Waals surface area contributed by atoms with Gasteiger partial charge in [-0.1, -0.05) is 6.92 Å². The highest BCUT2D eigenvalue weighted by atomic mass is 32.1. The molecule has 0 bridgehead atoms. The normalized spacial score (nSPS) is 19.2. The molecule has 0 aliphatic heterocycles. The van der Waals surface area contributed by atoms with Crippen molar-refractivity contribution in [2.45, 2.75) is 26.2 Å². The van der Waals surface area contributed by atoms with E-state index in [2.05, 4.69) is 12.2 Å². The van der Waals surface area contributed by atoms with Gasteiger partial charge in [-0.05, 0) is 36.8 Å². The van der Waals surface area contributed by atoms with Crippen LogP contribution in [-0.4, -0.2) is 24.2 Å². The molecule has 1 aromatic rings. The molecule has 1 atom stereocenters. The Balaban J connectivity index is 2.09. The monoisotopic (exact) mass is 239 g/mol. The molecule has 16 heavy (non-hydrogen) atoms. The van der Waals surface area contributed by atoms with Crippen LogP contribution in [0.2, 0.25) is 0 Å². The van der Waals surface area contributed by atoms with Crippen LogP contribution < -0.4 is 5.32 Å². The highest BCUT2D eigenvalue weighted by Gasteiger charge is 2.20. The molecule has 2 N–H and O–H groups in total. The molecule has 0 radical (unpaired) electrons. The van der Waals surface area contributed by atoms with Gasteiger partial charge in [-0.3, -0.25) is 4.79 Å². The second kappa shape index (κ2) is 4.97. The number of aliphatic hydroxyl groups excluding tert-OH is 1. The second-order valence-electron chi connectivity index (χ2n) is 4.39. The number of rotatable bonds is 3. The predicted molar refractivity (Wildman–Crippen MR) is 64.9 cm³/mol. The minimum atomic E-state index is -0.0545. The lowest BCUT2D eigenvalue weighted by atomic mass is 9.90. The topological polar surface area (TPSA) is 49.3 Å². The Labute approximate surface area is 99.5 Å². The van der Waals surface area contributed by atoms with E-state index < -0.39 is 0 Å². The average Bonchev–Trinajstić information content (AvgIpc) is 2.68.